The molecule has 4 rings (SSSR count). The monoisotopic (exact) mass is 410 g/mol. The number of nitrogens with zero attached hydrogens (tertiary/aromatic N) is 3. The summed E-state index contributed by atoms with van der Waals surface area (Å²) in [7, 11) is 0. The topological polar surface area (TPSA) is 42.2 Å². The second-order valence-corrected chi connectivity index (χ2v) is 7.95. The zero-order chi connectivity index (χ0) is 15.8. The number of thiophene rings is 1. The van der Waals surface area contributed by atoms with Crippen molar-refractivity contribution in [3.8, 4) is 0 Å². The molecule has 0 saturated heterocycles. The number of hydrogen-bond donors (Lipinski definition) is 1. The van der Waals surface area contributed by atoms with Crippen molar-refractivity contribution >= 4 is 50.2 Å². The third-order valence-electron chi connectivity index (χ3n) is 4.38. The molecule has 1 fully saturated rings. The molecular formula is C16H16BrClN4S. The summed E-state index contributed by atoms with van der Waals surface area (Å²) >= 11 is 11.6. The fourth-order valence-electron chi connectivity index (χ4n) is 3.25. The van der Waals surface area contributed by atoms with Crippen LogP contribution in [0.15, 0.2) is 28.2 Å². The van der Waals surface area contributed by atoms with Gasteiger partial charge in [0.15, 0.2) is 5.82 Å². The number of hydrogen-bond acceptors (Lipinski definition) is 4. The van der Waals surface area contributed by atoms with Gasteiger partial charge in [-0.1, -0.05) is 18.9 Å². The van der Waals surface area contributed by atoms with Crippen LogP contribution in [0.1, 0.15) is 42.0 Å². The van der Waals surface area contributed by atoms with Crippen LogP contribution in [0.2, 0.25) is 5.28 Å². The highest BCUT2D eigenvalue weighted by Gasteiger charge is 2.23. The number of anilines is 1. The molecule has 0 aromatic carbocycles. The van der Waals surface area contributed by atoms with E-state index in [9.17, 15) is 0 Å². The van der Waals surface area contributed by atoms with E-state index >= 15 is 0 Å². The molecule has 1 N–H and O–H groups in total. The fraction of sp³-hybridized carbons (Fsp3) is 0.375. The van der Waals surface area contributed by atoms with Crippen molar-refractivity contribution in [3.63, 3.8) is 0 Å². The Morgan fingerprint density at radius 3 is 2.96 bits per heavy atom. The lowest BCUT2D eigenvalue weighted by molar-refractivity contribution is 0.714. The molecule has 1 aliphatic rings. The van der Waals surface area contributed by atoms with Gasteiger partial charge in [-0.25, -0.2) is 4.52 Å². The maximum atomic E-state index is 6.12. The van der Waals surface area contributed by atoms with Gasteiger partial charge in [0.05, 0.1) is 6.54 Å². The molecule has 0 bridgehead atoms. The highest BCUT2D eigenvalue weighted by atomic mass is 79.9. The van der Waals surface area contributed by atoms with Crippen LogP contribution in [0.3, 0.4) is 0 Å². The first-order valence-corrected chi connectivity index (χ1v) is 9.78. The van der Waals surface area contributed by atoms with Gasteiger partial charge in [-0.2, -0.15) is 4.98 Å². The van der Waals surface area contributed by atoms with Gasteiger partial charge >= 0.3 is 0 Å². The normalized spacial score (nSPS) is 15.6. The molecule has 1 aliphatic carbocycles. The largest absolute Gasteiger partial charge is 0.363 e. The van der Waals surface area contributed by atoms with E-state index < -0.39 is 0 Å². The quantitative estimate of drug-likeness (QED) is 0.618. The lowest BCUT2D eigenvalue weighted by Gasteiger charge is -2.07. The smallest absolute Gasteiger partial charge is 0.243 e. The van der Waals surface area contributed by atoms with Crippen LogP contribution in [0.4, 0.5) is 5.82 Å². The van der Waals surface area contributed by atoms with Crippen LogP contribution >= 0.6 is 38.9 Å². The summed E-state index contributed by atoms with van der Waals surface area (Å²) in [4.78, 5) is 5.65. The minimum atomic E-state index is 0.250. The predicted molar refractivity (Wildman–Crippen MR) is 98.6 cm³/mol. The number of halogens is 2. The Labute approximate surface area is 152 Å². The highest BCUT2D eigenvalue weighted by molar-refractivity contribution is 9.10. The molecule has 0 amide bonds. The molecule has 3 heterocycles. The lowest BCUT2D eigenvalue weighted by atomic mass is 10.0. The van der Waals surface area contributed by atoms with Gasteiger partial charge in [-0.3, -0.25) is 0 Å². The Kier molecular flexibility index (Phi) is 4.30. The van der Waals surface area contributed by atoms with Crippen molar-refractivity contribution in [3.05, 3.63) is 43.9 Å². The SMILES string of the molecule is Clc1nc(NCc2cccs2)c2cc(C3CCCC3)c(Br)n2n1. The van der Waals surface area contributed by atoms with Crippen molar-refractivity contribution in [2.45, 2.75) is 38.1 Å². The van der Waals surface area contributed by atoms with Crippen LogP contribution in [-0.2, 0) is 6.54 Å². The van der Waals surface area contributed by atoms with Crippen LogP contribution in [-0.4, -0.2) is 14.6 Å². The van der Waals surface area contributed by atoms with E-state index in [0.29, 0.717) is 5.92 Å². The third-order valence-corrected chi connectivity index (χ3v) is 6.21. The molecule has 3 aromatic heterocycles. The van der Waals surface area contributed by atoms with Gasteiger partial charge in [0.25, 0.3) is 0 Å². The van der Waals surface area contributed by atoms with Crippen molar-refractivity contribution in [1.82, 2.24) is 14.6 Å². The van der Waals surface area contributed by atoms with Crippen LogP contribution in [0.25, 0.3) is 5.52 Å². The molecule has 0 aliphatic heterocycles. The van der Waals surface area contributed by atoms with E-state index in [1.54, 1.807) is 11.3 Å². The van der Waals surface area contributed by atoms with Crippen molar-refractivity contribution < 1.29 is 0 Å². The number of fused-ring (bicyclic) bond motifs is 1. The van der Waals surface area contributed by atoms with Crippen LogP contribution in [0.5, 0.6) is 0 Å². The summed E-state index contributed by atoms with van der Waals surface area (Å²) in [5.41, 5.74) is 2.29. The molecule has 3 aromatic rings. The van der Waals surface area contributed by atoms with E-state index in [0.717, 1.165) is 22.5 Å². The fourth-order valence-corrected chi connectivity index (χ4v) is 4.77. The maximum absolute atomic E-state index is 6.12. The predicted octanol–water partition coefficient (Wildman–Crippen LogP) is 5.48. The number of rotatable bonds is 4. The van der Waals surface area contributed by atoms with Gasteiger partial charge in [0, 0.05) is 4.88 Å². The summed E-state index contributed by atoms with van der Waals surface area (Å²) in [6.45, 7) is 0.738. The van der Waals surface area contributed by atoms with Gasteiger partial charge in [0.1, 0.15) is 10.1 Å². The third kappa shape index (κ3) is 2.99. The summed E-state index contributed by atoms with van der Waals surface area (Å²) in [5, 5.41) is 10.1. The summed E-state index contributed by atoms with van der Waals surface area (Å²) in [6, 6.07) is 6.36. The van der Waals surface area contributed by atoms with Crippen molar-refractivity contribution in [2.24, 2.45) is 0 Å². The van der Waals surface area contributed by atoms with Gasteiger partial charge in [-0.05, 0) is 69.4 Å². The van der Waals surface area contributed by atoms with Gasteiger partial charge in [0.2, 0.25) is 5.28 Å². The molecule has 0 atom stereocenters. The molecule has 1 saturated carbocycles. The maximum Gasteiger partial charge on any atom is 0.243 e. The van der Waals surface area contributed by atoms with E-state index in [4.69, 9.17) is 11.6 Å². The summed E-state index contributed by atoms with van der Waals surface area (Å²) in [6.07, 6.45) is 5.10. The Morgan fingerprint density at radius 2 is 2.22 bits per heavy atom. The Bertz CT molecular complexity index is 824. The second kappa shape index (κ2) is 6.42. The Morgan fingerprint density at radius 1 is 1.39 bits per heavy atom. The van der Waals surface area contributed by atoms with Crippen molar-refractivity contribution in [1.29, 1.82) is 0 Å². The van der Waals surface area contributed by atoms with Gasteiger partial charge in [-0.15, -0.1) is 16.4 Å². The molecule has 120 valence electrons. The standard InChI is InChI=1S/C16H16BrClN4S/c17-14-12(10-4-1-2-5-10)8-13-15(20-16(18)21-22(13)14)19-9-11-6-3-7-23-11/h3,6-8,10H,1-2,4-5,9H2,(H,19,20,21). The van der Waals surface area contributed by atoms with E-state index in [2.05, 4.69) is 54.9 Å². The second-order valence-electron chi connectivity index (χ2n) is 5.83. The van der Waals surface area contributed by atoms with Crippen LogP contribution < -0.4 is 5.32 Å². The summed E-state index contributed by atoms with van der Waals surface area (Å²) < 4.78 is 2.86. The zero-order valence-electron chi connectivity index (χ0n) is 12.4. The van der Waals surface area contributed by atoms with Crippen LogP contribution in [0, 0.1) is 0 Å². The number of nitrogens with one attached hydrogen (secondary N) is 1. The molecule has 7 heteroatoms. The van der Waals surface area contributed by atoms with Gasteiger partial charge < -0.3 is 5.32 Å². The molecule has 0 spiro atoms. The Balaban J connectivity index is 1.72. The van der Waals surface area contributed by atoms with E-state index in [-0.39, 0.29) is 5.28 Å². The molecule has 23 heavy (non-hydrogen) atoms. The lowest BCUT2D eigenvalue weighted by Crippen LogP contribution is -2.05. The minimum Gasteiger partial charge on any atom is -0.363 e. The summed E-state index contributed by atoms with van der Waals surface area (Å²) in [5.74, 6) is 1.39. The molecule has 4 nitrogen and oxygen atoms in total. The average molecular weight is 412 g/mol. The first-order valence-electron chi connectivity index (χ1n) is 7.73. The number of aromatic nitrogens is 3. The average Bonchev–Trinajstić information content (AvgIpc) is 3.26. The first-order chi connectivity index (χ1) is 11.2. The minimum absolute atomic E-state index is 0.250. The van der Waals surface area contributed by atoms with Crippen molar-refractivity contribution in [2.75, 3.05) is 5.32 Å². The first kappa shape index (κ1) is 15.4. The molecular weight excluding hydrogens is 396 g/mol. The van der Waals surface area contributed by atoms with E-state index in [1.807, 2.05) is 4.52 Å². The highest BCUT2D eigenvalue weighted by Crippen LogP contribution is 2.40. The van der Waals surface area contributed by atoms with E-state index in [1.165, 1.54) is 36.1 Å². The molecule has 0 radical (unpaired) electrons. The molecule has 0 unspecified atom stereocenters. The zero-order valence-corrected chi connectivity index (χ0v) is 15.6. The Hall–Kier alpha value is -1.11.